The number of benzene rings is 1. The van der Waals surface area contributed by atoms with Crippen LogP contribution in [0.15, 0.2) is 34.3 Å². The van der Waals surface area contributed by atoms with E-state index in [0.29, 0.717) is 0 Å². The van der Waals surface area contributed by atoms with Crippen LogP contribution in [0.3, 0.4) is 0 Å². The molecule has 1 aromatic carbocycles. The quantitative estimate of drug-likeness (QED) is 0.665. The smallest absolute Gasteiger partial charge is 0.0417 e. The molecule has 0 heterocycles. The molecule has 0 aliphatic heterocycles. The van der Waals surface area contributed by atoms with Gasteiger partial charge in [0.25, 0.3) is 0 Å². The van der Waals surface area contributed by atoms with Gasteiger partial charge in [0.05, 0.1) is 0 Å². The summed E-state index contributed by atoms with van der Waals surface area (Å²) < 4.78 is 0. The molecule has 154 valence electrons. The lowest BCUT2D eigenvalue weighted by molar-refractivity contribution is 0.285. The zero-order chi connectivity index (χ0) is 19.6. The van der Waals surface area contributed by atoms with Crippen LogP contribution in [0.2, 0.25) is 0 Å². The minimum atomic E-state index is 0.734. The Morgan fingerprint density at radius 2 is 1.07 bits per heavy atom. The Morgan fingerprint density at radius 1 is 0.679 bits per heavy atom. The van der Waals surface area contributed by atoms with Gasteiger partial charge in [0.15, 0.2) is 0 Å². The molecule has 3 rings (SSSR count). The summed E-state index contributed by atoms with van der Waals surface area (Å²) in [7, 11) is 0. The third-order valence-electron chi connectivity index (χ3n) is 6.72. The van der Waals surface area contributed by atoms with E-state index in [9.17, 15) is 0 Å². The molecule has 0 saturated heterocycles. The summed E-state index contributed by atoms with van der Waals surface area (Å²) in [4.78, 5) is 9.43. The molecule has 0 radical (unpaired) electrons. The summed E-state index contributed by atoms with van der Waals surface area (Å²) in [5.41, 5.74) is 13.9. The zero-order valence-electron chi connectivity index (χ0n) is 17.3. The number of nitrogens with zero attached hydrogens (tertiary/aromatic N) is 2. The molecule has 0 unspecified atom stereocenters. The second-order valence-corrected chi connectivity index (χ2v) is 8.90. The summed E-state index contributed by atoms with van der Waals surface area (Å²) in [6, 6.07) is 8.53. The zero-order valence-corrected chi connectivity index (χ0v) is 17.3. The summed E-state index contributed by atoms with van der Waals surface area (Å²) in [6.07, 6.45) is 14.3. The Kier molecular flexibility index (Phi) is 8.69. The molecule has 1 aromatic rings. The molecule has 0 atom stereocenters. The van der Waals surface area contributed by atoms with E-state index in [4.69, 9.17) is 21.5 Å². The normalized spacial score (nSPS) is 28.9. The van der Waals surface area contributed by atoms with E-state index < -0.39 is 0 Å². The fourth-order valence-corrected chi connectivity index (χ4v) is 4.63. The fourth-order valence-electron chi connectivity index (χ4n) is 4.63. The average Bonchev–Trinajstić information content (AvgIpc) is 2.75. The van der Waals surface area contributed by atoms with Crippen LogP contribution >= 0.6 is 0 Å². The van der Waals surface area contributed by atoms with E-state index in [1.165, 1.54) is 62.5 Å². The van der Waals surface area contributed by atoms with Gasteiger partial charge >= 0.3 is 0 Å². The van der Waals surface area contributed by atoms with E-state index in [1.807, 2.05) is 12.4 Å². The monoisotopic (exact) mass is 382 g/mol. The van der Waals surface area contributed by atoms with E-state index in [2.05, 4.69) is 24.3 Å². The fraction of sp³-hybridized carbons (Fsp3) is 0.667. The van der Waals surface area contributed by atoms with Crippen molar-refractivity contribution in [2.24, 2.45) is 45.1 Å². The largest absolute Gasteiger partial charge is 0.330 e. The molecule has 0 aromatic heterocycles. The molecular weight excluding hydrogens is 344 g/mol. The number of nitrogens with two attached hydrogens (primary N) is 2. The van der Waals surface area contributed by atoms with Crippen molar-refractivity contribution >= 4 is 12.4 Å². The van der Waals surface area contributed by atoms with Crippen molar-refractivity contribution < 1.29 is 0 Å². The molecule has 28 heavy (non-hydrogen) atoms. The second kappa shape index (κ2) is 11.5. The first-order chi connectivity index (χ1) is 13.8. The van der Waals surface area contributed by atoms with Crippen molar-refractivity contribution in [3.05, 3.63) is 35.4 Å². The molecule has 0 spiro atoms. The highest BCUT2D eigenvalue weighted by atomic mass is 14.7. The van der Waals surface area contributed by atoms with Gasteiger partial charge in [-0.15, -0.1) is 0 Å². The van der Waals surface area contributed by atoms with E-state index >= 15 is 0 Å². The maximum atomic E-state index is 5.78. The van der Waals surface area contributed by atoms with Gasteiger partial charge in [-0.3, -0.25) is 9.98 Å². The highest BCUT2D eigenvalue weighted by molar-refractivity contribution is 5.86. The van der Waals surface area contributed by atoms with Gasteiger partial charge in [-0.1, -0.05) is 18.2 Å². The summed E-state index contributed by atoms with van der Waals surface area (Å²) >= 11 is 0. The highest BCUT2D eigenvalue weighted by Gasteiger charge is 2.20. The van der Waals surface area contributed by atoms with Gasteiger partial charge in [-0.05, 0) is 105 Å². The summed E-state index contributed by atoms with van der Waals surface area (Å²) in [5, 5.41) is 0. The molecular formula is C24H38N4. The van der Waals surface area contributed by atoms with Crippen LogP contribution in [0, 0.1) is 23.7 Å². The van der Waals surface area contributed by atoms with Crippen LogP contribution in [-0.4, -0.2) is 38.6 Å². The maximum absolute atomic E-state index is 5.78. The molecule has 2 saturated carbocycles. The number of hydrogen-bond acceptors (Lipinski definition) is 4. The van der Waals surface area contributed by atoms with Crippen molar-refractivity contribution in [1.29, 1.82) is 0 Å². The van der Waals surface area contributed by atoms with Gasteiger partial charge < -0.3 is 11.5 Å². The maximum Gasteiger partial charge on any atom is 0.0417 e. The second-order valence-electron chi connectivity index (χ2n) is 8.90. The molecule has 2 fully saturated rings. The Labute approximate surface area is 170 Å². The van der Waals surface area contributed by atoms with Crippen molar-refractivity contribution in [2.75, 3.05) is 26.2 Å². The van der Waals surface area contributed by atoms with Crippen LogP contribution in [0.1, 0.15) is 62.5 Å². The van der Waals surface area contributed by atoms with Crippen molar-refractivity contribution in [3.63, 3.8) is 0 Å². The molecule has 0 bridgehead atoms. The van der Waals surface area contributed by atoms with Crippen LogP contribution in [-0.2, 0) is 0 Å². The summed E-state index contributed by atoms with van der Waals surface area (Å²) in [5.74, 6) is 2.95. The van der Waals surface area contributed by atoms with E-state index in [1.54, 1.807) is 0 Å². The van der Waals surface area contributed by atoms with Gasteiger partial charge in [-0.25, -0.2) is 0 Å². The molecule has 2 aliphatic carbocycles. The lowest BCUT2D eigenvalue weighted by Crippen LogP contribution is -2.22. The molecule has 4 N–H and O–H groups in total. The molecule has 0 amide bonds. The van der Waals surface area contributed by atoms with E-state index in [0.717, 1.165) is 49.9 Å². The van der Waals surface area contributed by atoms with Gasteiger partial charge in [0.1, 0.15) is 0 Å². The average molecular weight is 383 g/mol. The third-order valence-corrected chi connectivity index (χ3v) is 6.72. The molecule has 4 heteroatoms. The Hall–Kier alpha value is -1.52. The Balaban J connectivity index is 1.42. The first kappa shape index (κ1) is 21.2. The highest BCUT2D eigenvalue weighted by Crippen LogP contribution is 2.29. The molecule has 4 nitrogen and oxygen atoms in total. The topological polar surface area (TPSA) is 76.8 Å². The number of aliphatic imine (C=N–C) groups is 2. The third kappa shape index (κ3) is 6.82. The first-order valence-electron chi connectivity index (χ1n) is 11.3. The van der Waals surface area contributed by atoms with Gasteiger partial charge in [-0.2, -0.15) is 0 Å². The summed E-state index contributed by atoms with van der Waals surface area (Å²) in [6.45, 7) is 3.58. The van der Waals surface area contributed by atoms with Crippen molar-refractivity contribution in [1.82, 2.24) is 0 Å². The van der Waals surface area contributed by atoms with Crippen LogP contribution < -0.4 is 11.5 Å². The van der Waals surface area contributed by atoms with Crippen molar-refractivity contribution in [2.45, 2.75) is 51.4 Å². The van der Waals surface area contributed by atoms with E-state index in [-0.39, 0.29) is 0 Å². The van der Waals surface area contributed by atoms with Crippen LogP contribution in [0.25, 0.3) is 0 Å². The van der Waals surface area contributed by atoms with Crippen LogP contribution in [0.5, 0.6) is 0 Å². The van der Waals surface area contributed by atoms with Gasteiger partial charge in [0, 0.05) is 25.5 Å². The Morgan fingerprint density at radius 3 is 1.46 bits per heavy atom. The Bertz CT molecular complexity index is 572. The van der Waals surface area contributed by atoms with Gasteiger partial charge in [0.2, 0.25) is 0 Å². The minimum Gasteiger partial charge on any atom is -0.330 e. The predicted octanol–water partition coefficient (Wildman–Crippen LogP) is 4.05. The predicted molar refractivity (Wildman–Crippen MR) is 120 cm³/mol. The first-order valence-corrected chi connectivity index (χ1v) is 11.3. The minimum absolute atomic E-state index is 0.734. The molecule has 2 aliphatic rings. The number of hydrogen-bond donors (Lipinski definition) is 2. The lowest BCUT2D eigenvalue weighted by Gasteiger charge is -2.26. The standard InChI is InChI=1S/C24H38N4/c25-13-19-4-8-21(9-5-19)15-27-17-23-2-1-3-24(12-23)18-28-16-22-10-6-20(14-26)7-11-22/h1-3,12,17-22H,4-11,13-16,25-26H2/b27-17+,28-18+. The SMILES string of the molecule is NCC1CCC(C/N=C/c2cccc(/C=N/CC3CCC(CN)CC3)c2)CC1. The van der Waals surface area contributed by atoms with Crippen LogP contribution in [0.4, 0.5) is 0 Å². The number of rotatable bonds is 8. The lowest BCUT2D eigenvalue weighted by atomic mass is 9.82. The van der Waals surface area contributed by atoms with Crippen molar-refractivity contribution in [3.8, 4) is 0 Å².